The predicted molar refractivity (Wildman–Crippen MR) is 86.3 cm³/mol. The number of rotatable bonds is 1. The number of pyridine rings is 1. The maximum Gasteiger partial charge on any atom is 0.485 e. The third kappa shape index (κ3) is 4.77. The van der Waals surface area contributed by atoms with Crippen LogP contribution >= 0.6 is 0 Å². The van der Waals surface area contributed by atoms with E-state index in [4.69, 9.17) is 13.0 Å². The van der Waals surface area contributed by atoms with Crippen LogP contribution in [-0.2, 0) is 17.2 Å². The van der Waals surface area contributed by atoms with E-state index in [2.05, 4.69) is 78.6 Å². The van der Waals surface area contributed by atoms with Gasteiger partial charge >= 0.3 is 5.51 Å². The third-order valence-electron chi connectivity index (χ3n) is 3.29. The summed E-state index contributed by atoms with van der Waals surface area (Å²) in [7, 11) is -4.02. The van der Waals surface area contributed by atoms with Crippen LogP contribution in [0.4, 0.5) is 13.2 Å². The molecule has 0 aliphatic carbocycles. The monoisotopic (exact) mass is 369 g/mol. The minimum Gasteiger partial charge on any atom is -0.741 e. The van der Waals surface area contributed by atoms with E-state index in [9.17, 15) is 13.2 Å². The summed E-state index contributed by atoms with van der Waals surface area (Å²) in [6, 6.07) is 19.0. The van der Waals surface area contributed by atoms with Crippen molar-refractivity contribution in [2.75, 3.05) is 0 Å². The summed E-state index contributed by atoms with van der Waals surface area (Å²) < 4.78 is 61.0. The summed E-state index contributed by atoms with van der Waals surface area (Å²) in [6.45, 7) is 0. The second-order valence-electron chi connectivity index (χ2n) is 5.19. The first-order valence-corrected chi connectivity index (χ1v) is 8.46. The van der Waals surface area contributed by atoms with Crippen LogP contribution in [0.15, 0.2) is 67.0 Å². The lowest BCUT2D eigenvalue weighted by molar-refractivity contribution is -0.669. The molecule has 8 heteroatoms. The summed E-state index contributed by atoms with van der Waals surface area (Å²) in [5.41, 5.74) is -3.10. The molecule has 1 aromatic heterocycles. The second kappa shape index (κ2) is 7.20. The molecule has 0 amide bonds. The summed E-state index contributed by atoms with van der Waals surface area (Å²) in [5, 5.41) is 2.58. The molecule has 0 unspecified atom stereocenters. The zero-order valence-electron chi connectivity index (χ0n) is 13.1. The van der Waals surface area contributed by atoms with E-state index in [1.807, 2.05) is 0 Å². The van der Waals surface area contributed by atoms with Gasteiger partial charge in [0, 0.05) is 10.8 Å². The van der Waals surface area contributed by atoms with E-state index in [1.165, 1.54) is 21.9 Å². The standard InChI is InChI=1S/C16H14N.CHF3O3S/c1-17-11-14-9-5-6-10-15(14)16(12-17)13-7-3-2-4-8-13;2-1(3,4)8(5,6)7/h2-12H,1H3;(H,5,6,7)/q+1;/p-1. The highest BCUT2D eigenvalue weighted by molar-refractivity contribution is 7.86. The normalized spacial score (nSPS) is 11.7. The lowest BCUT2D eigenvalue weighted by Gasteiger charge is -2.08. The highest BCUT2D eigenvalue weighted by atomic mass is 32.2. The van der Waals surface area contributed by atoms with Crippen molar-refractivity contribution in [3.8, 4) is 11.1 Å². The zero-order valence-corrected chi connectivity index (χ0v) is 13.9. The molecule has 0 spiro atoms. The molecular weight excluding hydrogens is 355 g/mol. The molecule has 0 bridgehead atoms. The Labute approximate surface area is 142 Å². The van der Waals surface area contributed by atoms with E-state index < -0.39 is 15.6 Å². The van der Waals surface area contributed by atoms with Gasteiger partial charge in [0.2, 0.25) is 0 Å². The molecule has 132 valence electrons. The van der Waals surface area contributed by atoms with Crippen LogP contribution < -0.4 is 4.57 Å². The van der Waals surface area contributed by atoms with Gasteiger partial charge in [-0.1, -0.05) is 48.5 Å². The van der Waals surface area contributed by atoms with Gasteiger partial charge in [-0.25, -0.2) is 13.0 Å². The van der Waals surface area contributed by atoms with Crippen LogP contribution in [0.1, 0.15) is 0 Å². The Morgan fingerprint density at radius 1 is 0.920 bits per heavy atom. The van der Waals surface area contributed by atoms with Crippen molar-refractivity contribution in [1.82, 2.24) is 0 Å². The number of alkyl halides is 3. The zero-order chi connectivity index (χ0) is 18.7. The van der Waals surface area contributed by atoms with Crippen LogP contribution in [0.5, 0.6) is 0 Å². The molecule has 2 aromatic carbocycles. The first-order chi connectivity index (χ1) is 11.6. The van der Waals surface area contributed by atoms with Crippen molar-refractivity contribution in [3.63, 3.8) is 0 Å². The van der Waals surface area contributed by atoms with Crippen molar-refractivity contribution < 1.29 is 30.7 Å². The molecule has 3 aromatic rings. The minimum atomic E-state index is -6.09. The lowest BCUT2D eigenvalue weighted by Crippen LogP contribution is -2.26. The van der Waals surface area contributed by atoms with E-state index >= 15 is 0 Å². The molecule has 0 saturated carbocycles. The van der Waals surface area contributed by atoms with Gasteiger partial charge in [0.05, 0.1) is 5.56 Å². The van der Waals surface area contributed by atoms with Crippen LogP contribution in [-0.4, -0.2) is 18.5 Å². The highest BCUT2D eigenvalue weighted by Gasteiger charge is 2.36. The van der Waals surface area contributed by atoms with Gasteiger partial charge in [-0.15, -0.1) is 0 Å². The van der Waals surface area contributed by atoms with Crippen molar-refractivity contribution in [2.24, 2.45) is 7.05 Å². The van der Waals surface area contributed by atoms with Crippen molar-refractivity contribution in [3.05, 3.63) is 67.0 Å². The average Bonchev–Trinajstić information content (AvgIpc) is 2.53. The number of hydrogen-bond acceptors (Lipinski definition) is 3. The number of benzene rings is 2. The van der Waals surface area contributed by atoms with Crippen LogP contribution in [0.3, 0.4) is 0 Å². The van der Waals surface area contributed by atoms with Gasteiger partial charge in [0.1, 0.15) is 7.05 Å². The number of halogens is 3. The van der Waals surface area contributed by atoms with E-state index in [1.54, 1.807) is 0 Å². The number of hydrogen-bond donors (Lipinski definition) is 0. The second-order valence-corrected chi connectivity index (χ2v) is 6.56. The minimum absolute atomic E-state index is 1.26. The van der Waals surface area contributed by atoms with Crippen molar-refractivity contribution in [2.45, 2.75) is 5.51 Å². The first-order valence-electron chi connectivity index (χ1n) is 7.05. The molecule has 3 rings (SSSR count). The molecule has 0 fully saturated rings. The number of fused-ring (bicyclic) bond motifs is 1. The van der Waals surface area contributed by atoms with Gasteiger partial charge in [0.25, 0.3) is 0 Å². The Bertz CT molecular complexity index is 971. The molecule has 0 aliphatic rings. The fourth-order valence-corrected chi connectivity index (χ4v) is 2.23. The molecule has 0 aliphatic heterocycles. The van der Waals surface area contributed by atoms with Crippen LogP contribution in [0, 0.1) is 0 Å². The maximum absolute atomic E-state index is 10.7. The Balaban J connectivity index is 0.000000242. The molecule has 0 N–H and O–H groups in total. The Kier molecular flexibility index (Phi) is 5.44. The van der Waals surface area contributed by atoms with E-state index in [0.717, 1.165) is 0 Å². The highest BCUT2D eigenvalue weighted by Crippen LogP contribution is 2.26. The average molecular weight is 369 g/mol. The fraction of sp³-hybridized carbons (Fsp3) is 0.118. The van der Waals surface area contributed by atoms with E-state index in [-0.39, 0.29) is 0 Å². The van der Waals surface area contributed by atoms with Crippen LogP contribution in [0.2, 0.25) is 0 Å². The number of nitrogens with zero attached hydrogens (tertiary/aromatic N) is 1. The predicted octanol–water partition coefficient (Wildman–Crippen LogP) is 3.38. The van der Waals surface area contributed by atoms with Gasteiger partial charge in [-0.05, 0) is 11.6 Å². The molecule has 1 heterocycles. The molecule has 25 heavy (non-hydrogen) atoms. The molecule has 0 saturated heterocycles. The Morgan fingerprint density at radius 2 is 1.44 bits per heavy atom. The third-order valence-corrected chi connectivity index (χ3v) is 3.86. The van der Waals surface area contributed by atoms with Crippen LogP contribution in [0.25, 0.3) is 21.9 Å². The summed E-state index contributed by atoms with van der Waals surface area (Å²) >= 11 is 0. The molecule has 0 atom stereocenters. The Hall–Kier alpha value is -2.45. The lowest BCUT2D eigenvalue weighted by atomic mass is 10.0. The first kappa shape index (κ1) is 18.9. The molecule has 0 radical (unpaired) electrons. The molecule has 4 nitrogen and oxygen atoms in total. The summed E-state index contributed by atoms with van der Waals surface area (Å²) in [6.07, 6.45) is 4.33. The van der Waals surface area contributed by atoms with Gasteiger partial charge in [-0.2, -0.15) is 13.2 Å². The quantitative estimate of drug-likeness (QED) is 0.375. The SMILES string of the molecule is C[n+]1cc(-c2ccccc2)c2ccccc2c1.O=S(=O)([O-])C(F)(F)F. The number of aryl methyl sites for hydroxylation is 1. The largest absolute Gasteiger partial charge is 0.741 e. The maximum atomic E-state index is 10.7. The smallest absolute Gasteiger partial charge is 0.485 e. The van der Waals surface area contributed by atoms with Crippen molar-refractivity contribution in [1.29, 1.82) is 0 Å². The van der Waals surface area contributed by atoms with Gasteiger partial charge in [0.15, 0.2) is 22.5 Å². The van der Waals surface area contributed by atoms with E-state index in [0.29, 0.717) is 0 Å². The number of aromatic nitrogens is 1. The summed E-state index contributed by atoms with van der Waals surface area (Å²) in [4.78, 5) is 0. The topological polar surface area (TPSA) is 61.1 Å². The van der Waals surface area contributed by atoms with Gasteiger partial charge < -0.3 is 4.55 Å². The summed E-state index contributed by atoms with van der Waals surface area (Å²) in [5.74, 6) is 0. The fourth-order valence-electron chi connectivity index (χ4n) is 2.23. The molecular formula is C17H14F3NO3S. The Morgan fingerprint density at radius 3 is 2.00 bits per heavy atom. The van der Waals surface area contributed by atoms with Gasteiger partial charge in [-0.3, -0.25) is 0 Å². The van der Waals surface area contributed by atoms with Crippen molar-refractivity contribution >= 4 is 20.9 Å².